The number of nitrogens with one attached hydrogen (secondary N) is 1. The lowest BCUT2D eigenvalue weighted by atomic mass is 10.1. The number of fused-ring (bicyclic) bond motifs is 3. The van der Waals surface area contributed by atoms with Crippen molar-refractivity contribution in [2.24, 2.45) is 0 Å². The second-order valence-corrected chi connectivity index (χ2v) is 6.37. The summed E-state index contributed by atoms with van der Waals surface area (Å²) in [5, 5.41) is 6.75. The molecule has 0 aliphatic rings. The Morgan fingerprint density at radius 2 is 1.43 bits per heavy atom. The van der Waals surface area contributed by atoms with Crippen LogP contribution in [0.25, 0.3) is 20.2 Å². The average Bonchev–Trinajstić information content (AvgIpc) is 2.89. The Morgan fingerprint density at radius 1 is 0.714 bits per heavy atom. The molecular weight excluding hydrogens is 298 g/mol. The van der Waals surface area contributed by atoms with Gasteiger partial charge in [0.15, 0.2) is 0 Å². The molecule has 0 saturated carbocycles. The second kappa shape index (κ2) is 5.06. The molecule has 1 N–H and O–H groups in total. The molecule has 0 radical (unpaired) electrons. The van der Waals surface area contributed by atoms with Crippen LogP contribution in [0.15, 0.2) is 66.7 Å². The van der Waals surface area contributed by atoms with Crippen LogP contribution in [0.5, 0.6) is 0 Å². The van der Waals surface area contributed by atoms with Crippen LogP contribution in [0, 0.1) is 0 Å². The van der Waals surface area contributed by atoms with E-state index in [-0.39, 0.29) is 0 Å². The molecule has 4 aromatic rings. The fraction of sp³-hybridized carbons (Fsp3) is 0. The van der Waals surface area contributed by atoms with Crippen LogP contribution in [0.1, 0.15) is 0 Å². The molecule has 1 aromatic heterocycles. The van der Waals surface area contributed by atoms with E-state index in [0.29, 0.717) is 0 Å². The zero-order valence-electron chi connectivity index (χ0n) is 11.1. The Morgan fingerprint density at radius 3 is 2.33 bits per heavy atom. The maximum absolute atomic E-state index is 6.26. The van der Waals surface area contributed by atoms with Gasteiger partial charge in [0, 0.05) is 25.9 Å². The lowest BCUT2D eigenvalue weighted by molar-refractivity contribution is 1.59. The average molecular weight is 310 g/mol. The molecule has 0 aliphatic carbocycles. The van der Waals surface area contributed by atoms with E-state index in [9.17, 15) is 0 Å². The van der Waals surface area contributed by atoms with Crippen LogP contribution in [-0.4, -0.2) is 0 Å². The summed E-state index contributed by atoms with van der Waals surface area (Å²) in [6.45, 7) is 0. The zero-order valence-corrected chi connectivity index (χ0v) is 12.7. The number of rotatable bonds is 2. The first-order chi connectivity index (χ1) is 10.3. The van der Waals surface area contributed by atoms with Crippen molar-refractivity contribution in [2.45, 2.75) is 0 Å². The van der Waals surface area contributed by atoms with E-state index in [1.807, 2.05) is 35.6 Å². The third-order valence-corrected chi connectivity index (χ3v) is 5.01. The highest BCUT2D eigenvalue weighted by Gasteiger charge is 2.09. The van der Waals surface area contributed by atoms with E-state index in [4.69, 9.17) is 11.6 Å². The quantitative estimate of drug-likeness (QED) is 0.448. The van der Waals surface area contributed by atoms with E-state index in [0.717, 1.165) is 16.4 Å². The number of anilines is 2. The molecule has 0 spiro atoms. The van der Waals surface area contributed by atoms with Gasteiger partial charge in [-0.3, -0.25) is 0 Å². The first-order valence-corrected chi connectivity index (χ1v) is 7.94. The third-order valence-electron chi connectivity index (χ3n) is 3.55. The fourth-order valence-corrected chi connectivity index (χ4v) is 3.90. The van der Waals surface area contributed by atoms with Gasteiger partial charge >= 0.3 is 0 Å². The minimum atomic E-state index is 0.731. The predicted octanol–water partition coefficient (Wildman–Crippen LogP) is 6.45. The Hall–Kier alpha value is -2.03. The maximum atomic E-state index is 6.26. The second-order valence-electron chi connectivity index (χ2n) is 4.88. The fourth-order valence-electron chi connectivity index (χ4n) is 2.59. The summed E-state index contributed by atoms with van der Waals surface area (Å²) in [6.07, 6.45) is 0. The molecule has 0 bridgehead atoms. The van der Waals surface area contributed by atoms with Gasteiger partial charge in [0.1, 0.15) is 0 Å². The van der Waals surface area contributed by atoms with Crippen LogP contribution in [0.3, 0.4) is 0 Å². The standard InChI is InChI=1S/C18H12ClNS/c19-13-7-2-3-8-14(13)20-15-9-5-11-17-18(15)12-6-1-4-10-16(12)21-17/h1-11,20H. The van der Waals surface area contributed by atoms with E-state index >= 15 is 0 Å². The van der Waals surface area contributed by atoms with Crippen LogP contribution in [0.4, 0.5) is 11.4 Å². The van der Waals surface area contributed by atoms with Gasteiger partial charge in [-0.15, -0.1) is 11.3 Å². The minimum absolute atomic E-state index is 0.731. The molecule has 4 rings (SSSR count). The Balaban J connectivity index is 1.94. The van der Waals surface area contributed by atoms with E-state index < -0.39 is 0 Å². The highest BCUT2D eigenvalue weighted by atomic mass is 35.5. The number of hydrogen-bond donors (Lipinski definition) is 1. The van der Waals surface area contributed by atoms with E-state index in [1.165, 1.54) is 20.2 Å². The van der Waals surface area contributed by atoms with Crippen molar-refractivity contribution in [2.75, 3.05) is 5.32 Å². The summed E-state index contributed by atoms with van der Waals surface area (Å²) in [7, 11) is 0. The van der Waals surface area contributed by atoms with Gasteiger partial charge in [-0.25, -0.2) is 0 Å². The number of para-hydroxylation sites is 1. The molecule has 1 nitrogen and oxygen atoms in total. The first kappa shape index (κ1) is 12.7. The van der Waals surface area contributed by atoms with Crippen LogP contribution >= 0.6 is 22.9 Å². The maximum Gasteiger partial charge on any atom is 0.0640 e. The van der Waals surface area contributed by atoms with Gasteiger partial charge in [0.2, 0.25) is 0 Å². The molecule has 0 atom stereocenters. The van der Waals surface area contributed by atoms with Gasteiger partial charge in [-0.05, 0) is 30.3 Å². The molecule has 21 heavy (non-hydrogen) atoms. The smallest absolute Gasteiger partial charge is 0.0640 e. The van der Waals surface area contributed by atoms with E-state index in [1.54, 1.807) is 0 Å². The van der Waals surface area contributed by atoms with Gasteiger partial charge in [0.25, 0.3) is 0 Å². The summed E-state index contributed by atoms with van der Waals surface area (Å²) < 4.78 is 2.59. The van der Waals surface area contributed by atoms with Crippen molar-refractivity contribution in [3.63, 3.8) is 0 Å². The number of thiophene rings is 1. The van der Waals surface area contributed by atoms with Gasteiger partial charge < -0.3 is 5.32 Å². The minimum Gasteiger partial charge on any atom is -0.354 e. The normalized spacial score (nSPS) is 11.1. The van der Waals surface area contributed by atoms with Crippen molar-refractivity contribution < 1.29 is 0 Å². The molecule has 0 fully saturated rings. The predicted molar refractivity (Wildman–Crippen MR) is 94.1 cm³/mol. The Bertz CT molecular complexity index is 942. The Labute approximate surface area is 131 Å². The van der Waals surface area contributed by atoms with Crippen LogP contribution in [-0.2, 0) is 0 Å². The van der Waals surface area contributed by atoms with E-state index in [2.05, 4.69) is 47.8 Å². The molecular formula is C18H12ClNS. The van der Waals surface area contributed by atoms with Crippen molar-refractivity contribution in [3.05, 3.63) is 71.8 Å². The van der Waals surface area contributed by atoms with Gasteiger partial charge in [0.05, 0.1) is 10.7 Å². The van der Waals surface area contributed by atoms with Crippen molar-refractivity contribution in [1.82, 2.24) is 0 Å². The number of hydrogen-bond acceptors (Lipinski definition) is 2. The summed E-state index contributed by atoms with van der Waals surface area (Å²) >= 11 is 8.08. The van der Waals surface area contributed by atoms with Gasteiger partial charge in [-0.2, -0.15) is 0 Å². The summed E-state index contributed by atoms with van der Waals surface area (Å²) in [5.41, 5.74) is 2.03. The van der Waals surface area contributed by atoms with Crippen LogP contribution in [0.2, 0.25) is 5.02 Å². The summed E-state index contributed by atoms with van der Waals surface area (Å²) in [4.78, 5) is 0. The zero-order chi connectivity index (χ0) is 14.2. The number of halogens is 1. The first-order valence-electron chi connectivity index (χ1n) is 6.75. The van der Waals surface area contributed by atoms with Crippen molar-refractivity contribution in [1.29, 1.82) is 0 Å². The highest BCUT2D eigenvalue weighted by molar-refractivity contribution is 7.25. The topological polar surface area (TPSA) is 12.0 Å². The molecule has 0 aliphatic heterocycles. The lowest BCUT2D eigenvalue weighted by Crippen LogP contribution is -1.91. The SMILES string of the molecule is Clc1ccccc1Nc1cccc2sc3ccccc3c12. The van der Waals surface area contributed by atoms with Crippen molar-refractivity contribution in [3.8, 4) is 0 Å². The van der Waals surface area contributed by atoms with Gasteiger partial charge in [-0.1, -0.05) is 48.0 Å². The molecule has 0 saturated heterocycles. The monoisotopic (exact) mass is 309 g/mol. The third kappa shape index (κ3) is 2.17. The highest BCUT2D eigenvalue weighted by Crippen LogP contribution is 2.39. The molecule has 0 unspecified atom stereocenters. The number of benzene rings is 3. The van der Waals surface area contributed by atoms with Crippen LogP contribution < -0.4 is 5.32 Å². The van der Waals surface area contributed by atoms with Crippen molar-refractivity contribution >= 4 is 54.5 Å². The molecule has 0 amide bonds. The summed E-state index contributed by atoms with van der Waals surface area (Å²) in [5.74, 6) is 0. The Kier molecular flexibility index (Phi) is 3.06. The lowest BCUT2D eigenvalue weighted by Gasteiger charge is -2.09. The molecule has 102 valence electrons. The molecule has 3 aromatic carbocycles. The molecule has 1 heterocycles. The largest absolute Gasteiger partial charge is 0.354 e. The molecule has 3 heteroatoms. The summed E-state index contributed by atoms with van der Waals surface area (Å²) in [6, 6.07) is 22.7.